The molecule has 1 atom stereocenters. The average Bonchev–Trinajstić information content (AvgIpc) is 3.47. The van der Waals surface area contributed by atoms with E-state index >= 15 is 0 Å². The van der Waals surface area contributed by atoms with Gasteiger partial charge in [0.25, 0.3) is 5.91 Å². The standard InChI is InChI=1S/C28H28N2O5/c1-33-24-14-20(15-25(34-2)27(24)35-3)23(30-17-19-9-4-6-10-21(19)28(30)32)16-26(31)29-13-12-18-8-5-7-11-22(18)29/h4-11,14-15,23H,12-13,16-17H2,1-3H3. The second-order valence-corrected chi connectivity index (χ2v) is 8.69. The van der Waals surface area contributed by atoms with Crippen LogP contribution in [0.3, 0.4) is 0 Å². The molecule has 0 aliphatic carbocycles. The third-order valence-electron chi connectivity index (χ3n) is 6.85. The summed E-state index contributed by atoms with van der Waals surface area (Å²) in [5.41, 5.74) is 4.48. The second kappa shape index (κ2) is 9.33. The van der Waals surface area contributed by atoms with Crippen LogP contribution in [0.2, 0.25) is 0 Å². The molecule has 7 heteroatoms. The average molecular weight is 473 g/mol. The molecule has 0 saturated carbocycles. The van der Waals surface area contributed by atoms with Crippen molar-refractivity contribution < 1.29 is 23.8 Å². The highest BCUT2D eigenvalue weighted by atomic mass is 16.5. The Labute approximate surface area is 204 Å². The monoisotopic (exact) mass is 472 g/mol. The number of hydrogen-bond acceptors (Lipinski definition) is 5. The van der Waals surface area contributed by atoms with Gasteiger partial charge in [0.15, 0.2) is 11.5 Å². The van der Waals surface area contributed by atoms with Crippen molar-refractivity contribution in [1.29, 1.82) is 0 Å². The van der Waals surface area contributed by atoms with E-state index in [0.717, 1.165) is 28.8 Å². The number of nitrogens with zero attached hydrogens (tertiary/aromatic N) is 2. The highest BCUT2D eigenvalue weighted by molar-refractivity contribution is 6.00. The van der Waals surface area contributed by atoms with Gasteiger partial charge in [0.2, 0.25) is 11.7 Å². The largest absolute Gasteiger partial charge is 0.493 e. The van der Waals surface area contributed by atoms with Gasteiger partial charge in [-0.2, -0.15) is 0 Å². The van der Waals surface area contributed by atoms with Gasteiger partial charge in [-0.3, -0.25) is 9.59 Å². The Morgan fingerprint density at radius 1 is 0.914 bits per heavy atom. The predicted molar refractivity (Wildman–Crippen MR) is 132 cm³/mol. The van der Waals surface area contributed by atoms with E-state index in [9.17, 15) is 9.59 Å². The summed E-state index contributed by atoms with van der Waals surface area (Å²) in [6.45, 7) is 1.06. The Kier molecular flexibility index (Phi) is 6.07. The molecule has 7 nitrogen and oxygen atoms in total. The minimum Gasteiger partial charge on any atom is -0.493 e. The number of fused-ring (bicyclic) bond motifs is 2. The smallest absolute Gasteiger partial charge is 0.255 e. The summed E-state index contributed by atoms with van der Waals surface area (Å²) in [5.74, 6) is 1.31. The number of methoxy groups -OCH3 is 3. The number of carbonyl (C=O) groups excluding carboxylic acids is 2. The van der Waals surface area contributed by atoms with E-state index in [1.807, 2.05) is 59.5 Å². The quantitative estimate of drug-likeness (QED) is 0.510. The molecule has 180 valence electrons. The first-order chi connectivity index (χ1) is 17.0. The summed E-state index contributed by atoms with van der Waals surface area (Å²) >= 11 is 0. The van der Waals surface area contributed by atoms with Crippen molar-refractivity contribution in [3.8, 4) is 17.2 Å². The molecular formula is C28H28N2O5. The van der Waals surface area contributed by atoms with E-state index in [4.69, 9.17) is 14.2 Å². The van der Waals surface area contributed by atoms with E-state index < -0.39 is 6.04 Å². The molecule has 0 spiro atoms. The number of amides is 2. The summed E-state index contributed by atoms with van der Waals surface area (Å²) in [7, 11) is 4.66. The molecule has 2 amide bonds. The predicted octanol–water partition coefficient (Wildman–Crippen LogP) is 4.39. The van der Waals surface area contributed by atoms with Crippen LogP contribution in [0, 0.1) is 0 Å². The normalized spacial score (nSPS) is 15.0. The Balaban J connectivity index is 1.55. The van der Waals surface area contributed by atoms with E-state index in [1.165, 1.54) is 0 Å². The van der Waals surface area contributed by atoms with Crippen molar-refractivity contribution in [3.63, 3.8) is 0 Å². The lowest BCUT2D eigenvalue weighted by Crippen LogP contribution is -2.36. The summed E-state index contributed by atoms with van der Waals surface area (Å²) in [6, 6.07) is 18.7. The van der Waals surface area contributed by atoms with Crippen molar-refractivity contribution in [2.75, 3.05) is 32.8 Å². The molecular weight excluding hydrogens is 444 g/mol. The second-order valence-electron chi connectivity index (χ2n) is 8.69. The van der Waals surface area contributed by atoms with Crippen molar-refractivity contribution >= 4 is 17.5 Å². The van der Waals surface area contributed by atoms with Crippen molar-refractivity contribution in [1.82, 2.24) is 4.90 Å². The lowest BCUT2D eigenvalue weighted by Gasteiger charge is -2.30. The van der Waals surface area contributed by atoms with Crippen LogP contribution < -0.4 is 19.1 Å². The molecule has 35 heavy (non-hydrogen) atoms. The molecule has 0 fully saturated rings. The van der Waals surface area contributed by atoms with E-state index in [-0.39, 0.29) is 18.2 Å². The summed E-state index contributed by atoms with van der Waals surface area (Å²) < 4.78 is 16.6. The molecule has 0 bridgehead atoms. The Hall–Kier alpha value is -4.00. The molecule has 0 radical (unpaired) electrons. The molecule has 3 aromatic rings. The van der Waals surface area contributed by atoms with Crippen LogP contribution in [0.4, 0.5) is 5.69 Å². The van der Waals surface area contributed by atoms with Crippen LogP contribution in [0.15, 0.2) is 60.7 Å². The fraction of sp³-hybridized carbons (Fsp3) is 0.286. The van der Waals surface area contributed by atoms with Crippen LogP contribution >= 0.6 is 0 Å². The zero-order valence-corrected chi connectivity index (χ0v) is 20.1. The van der Waals surface area contributed by atoms with Gasteiger partial charge in [-0.05, 0) is 47.4 Å². The van der Waals surface area contributed by atoms with Crippen LogP contribution in [0.25, 0.3) is 0 Å². The van der Waals surface area contributed by atoms with Gasteiger partial charge < -0.3 is 24.0 Å². The number of carbonyl (C=O) groups is 2. The Bertz CT molecular complexity index is 1260. The van der Waals surface area contributed by atoms with Crippen LogP contribution in [0.1, 0.15) is 39.5 Å². The fourth-order valence-electron chi connectivity index (χ4n) is 5.10. The van der Waals surface area contributed by atoms with Crippen LogP contribution in [0.5, 0.6) is 17.2 Å². The van der Waals surface area contributed by atoms with Crippen molar-refractivity contribution in [2.24, 2.45) is 0 Å². The molecule has 2 aliphatic rings. The number of benzene rings is 3. The van der Waals surface area contributed by atoms with E-state index in [1.54, 1.807) is 26.2 Å². The van der Waals surface area contributed by atoms with Crippen molar-refractivity contribution in [3.05, 3.63) is 82.9 Å². The first-order valence-corrected chi connectivity index (χ1v) is 11.6. The van der Waals surface area contributed by atoms with Crippen molar-refractivity contribution in [2.45, 2.75) is 25.4 Å². The first-order valence-electron chi connectivity index (χ1n) is 11.6. The number of rotatable bonds is 7. The highest BCUT2D eigenvalue weighted by Crippen LogP contribution is 2.43. The lowest BCUT2D eigenvalue weighted by atomic mass is 9.99. The molecule has 2 aliphatic heterocycles. The summed E-state index contributed by atoms with van der Waals surface area (Å²) in [6.07, 6.45) is 0.956. The topological polar surface area (TPSA) is 68.3 Å². The maximum Gasteiger partial charge on any atom is 0.255 e. The number of ether oxygens (including phenoxy) is 3. The Morgan fingerprint density at radius 2 is 1.57 bits per heavy atom. The van der Waals surface area contributed by atoms with Gasteiger partial charge in [0, 0.05) is 24.3 Å². The van der Waals surface area contributed by atoms with Gasteiger partial charge in [-0.1, -0.05) is 36.4 Å². The molecule has 2 heterocycles. The zero-order chi connectivity index (χ0) is 24.5. The van der Waals surface area contributed by atoms with E-state index in [2.05, 4.69) is 6.07 Å². The van der Waals surface area contributed by atoms with Gasteiger partial charge in [0.05, 0.1) is 33.8 Å². The van der Waals surface area contributed by atoms with Crippen LogP contribution in [-0.2, 0) is 17.8 Å². The van der Waals surface area contributed by atoms with Gasteiger partial charge in [-0.15, -0.1) is 0 Å². The molecule has 3 aromatic carbocycles. The SMILES string of the molecule is COc1cc(C(CC(=O)N2CCc3ccccc32)N2Cc3ccccc3C2=O)cc(OC)c1OC. The highest BCUT2D eigenvalue weighted by Gasteiger charge is 2.37. The van der Waals surface area contributed by atoms with E-state index in [0.29, 0.717) is 35.9 Å². The summed E-state index contributed by atoms with van der Waals surface area (Å²) in [5, 5.41) is 0. The summed E-state index contributed by atoms with van der Waals surface area (Å²) in [4.78, 5) is 30.7. The van der Waals surface area contributed by atoms with Crippen LogP contribution in [-0.4, -0.2) is 44.6 Å². The molecule has 0 aromatic heterocycles. The minimum absolute atomic E-state index is 0.0301. The molecule has 0 N–H and O–H groups in total. The minimum atomic E-state index is -0.510. The third-order valence-corrected chi connectivity index (χ3v) is 6.85. The molecule has 5 rings (SSSR count). The van der Waals surface area contributed by atoms with Gasteiger partial charge >= 0.3 is 0 Å². The number of hydrogen-bond donors (Lipinski definition) is 0. The maximum absolute atomic E-state index is 13.7. The maximum atomic E-state index is 13.7. The lowest BCUT2D eigenvalue weighted by molar-refractivity contribution is -0.119. The molecule has 1 unspecified atom stereocenters. The Morgan fingerprint density at radius 3 is 2.23 bits per heavy atom. The number of anilines is 1. The fourth-order valence-corrected chi connectivity index (χ4v) is 5.10. The zero-order valence-electron chi connectivity index (χ0n) is 20.1. The first kappa shape index (κ1) is 22.8. The van der Waals surface area contributed by atoms with Gasteiger partial charge in [-0.25, -0.2) is 0 Å². The third kappa shape index (κ3) is 3.97. The molecule has 0 saturated heterocycles. The number of para-hydroxylation sites is 1. The van der Waals surface area contributed by atoms with Gasteiger partial charge in [0.1, 0.15) is 0 Å².